The summed E-state index contributed by atoms with van der Waals surface area (Å²) in [7, 11) is 1.60. The number of hydrogen-bond acceptors (Lipinski definition) is 4. The van der Waals surface area contributed by atoms with Gasteiger partial charge in [-0.25, -0.2) is 0 Å². The zero-order valence-corrected chi connectivity index (χ0v) is 14.0. The maximum absolute atomic E-state index is 12.7. The van der Waals surface area contributed by atoms with Gasteiger partial charge in [0, 0.05) is 22.1 Å². The third kappa shape index (κ3) is 3.23. The number of fused-ring (bicyclic) bond motifs is 1. The fraction of sp³-hybridized carbons (Fsp3) is 0.222. The number of methoxy groups -OCH3 is 1. The molecule has 1 aliphatic heterocycles. The van der Waals surface area contributed by atoms with Crippen molar-refractivity contribution in [1.82, 2.24) is 0 Å². The number of thioether (sulfide) groups is 1. The molecule has 0 saturated heterocycles. The molecule has 0 spiro atoms. The molecule has 1 aliphatic rings. The molecule has 1 N–H and O–H groups in total. The minimum Gasteiger partial charge on any atom is -0.496 e. The standard InChI is InChI=1S/C18H17NO4S/c1-23-14-8-4-2-6-12(14)16-10-17(20)19(11-18(21)22)13-7-3-5-9-15(13)24-16/h2-9,16H,10-11H2,1H3,(H,21,22). The Hall–Kier alpha value is -2.47. The number of hydrogen-bond donors (Lipinski definition) is 1. The number of amides is 1. The van der Waals surface area contributed by atoms with Gasteiger partial charge in [0.25, 0.3) is 0 Å². The summed E-state index contributed by atoms with van der Waals surface area (Å²) in [5.41, 5.74) is 1.58. The molecule has 0 saturated carbocycles. The molecule has 1 heterocycles. The number of benzene rings is 2. The Bertz CT molecular complexity index is 777. The summed E-state index contributed by atoms with van der Waals surface area (Å²) < 4.78 is 5.42. The predicted octanol–water partition coefficient (Wildman–Crippen LogP) is 3.35. The molecule has 5 nitrogen and oxygen atoms in total. The van der Waals surface area contributed by atoms with Crippen molar-refractivity contribution in [2.24, 2.45) is 0 Å². The number of para-hydroxylation sites is 2. The first-order valence-corrected chi connectivity index (χ1v) is 8.39. The minimum atomic E-state index is -1.03. The first-order chi connectivity index (χ1) is 11.6. The molecule has 1 unspecified atom stereocenters. The van der Waals surface area contributed by atoms with Crippen molar-refractivity contribution in [3.05, 3.63) is 54.1 Å². The number of carboxylic acid groups (broad SMARTS) is 1. The van der Waals surface area contributed by atoms with Crippen LogP contribution in [0.4, 0.5) is 5.69 Å². The Morgan fingerprint density at radius 2 is 1.96 bits per heavy atom. The van der Waals surface area contributed by atoms with Crippen LogP contribution in [0.2, 0.25) is 0 Å². The van der Waals surface area contributed by atoms with Crippen LogP contribution in [0.3, 0.4) is 0 Å². The maximum Gasteiger partial charge on any atom is 0.323 e. The quantitative estimate of drug-likeness (QED) is 0.922. The molecular formula is C18H17NO4S. The zero-order chi connectivity index (χ0) is 17.1. The lowest BCUT2D eigenvalue weighted by molar-refractivity contribution is -0.136. The fourth-order valence-electron chi connectivity index (χ4n) is 2.79. The molecule has 6 heteroatoms. The molecule has 0 radical (unpaired) electrons. The van der Waals surface area contributed by atoms with Crippen LogP contribution in [0.25, 0.3) is 0 Å². The lowest BCUT2D eigenvalue weighted by Gasteiger charge is -2.20. The molecular weight excluding hydrogens is 326 g/mol. The van der Waals surface area contributed by atoms with E-state index in [1.54, 1.807) is 24.9 Å². The summed E-state index contributed by atoms with van der Waals surface area (Å²) in [6.07, 6.45) is 0.215. The molecule has 24 heavy (non-hydrogen) atoms. The van der Waals surface area contributed by atoms with Crippen LogP contribution in [-0.4, -0.2) is 30.6 Å². The summed E-state index contributed by atoms with van der Waals surface area (Å²) >= 11 is 1.56. The summed E-state index contributed by atoms with van der Waals surface area (Å²) in [6, 6.07) is 15.0. The third-order valence-corrected chi connectivity index (χ3v) is 5.17. The van der Waals surface area contributed by atoms with Crippen LogP contribution in [0.1, 0.15) is 17.2 Å². The second-order valence-corrected chi connectivity index (χ2v) is 6.64. The van der Waals surface area contributed by atoms with Gasteiger partial charge in [0.2, 0.25) is 5.91 Å². The predicted molar refractivity (Wildman–Crippen MR) is 92.6 cm³/mol. The normalized spacial score (nSPS) is 17.1. The smallest absolute Gasteiger partial charge is 0.323 e. The molecule has 0 aliphatic carbocycles. The van der Waals surface area contributed by atoms with Gasteiger partial charge >= 0.3 is 5.97 Å². The molecule has 124 valence electrons. The van der Waals surface area contributed by atoms with Gasteiger partial charge in [0.1, 0.15) is 12.3 Å². The van der Waals surface area contributed by atoms with Crippen LogP contribution >= 0.6 is 11.8 Å². The van der Waals surface area contributed by atoms with Crippen molar-refractivity contribution in [3.63, 3.8) is 0 Å². The lowest BCUT2D eigenvalue weighted by Crippen LogP contribution is -2.35. The molecule has 0 aromatic heterocycles. The molecule has 0 bridgehead atoms. The highest BCUT2D eigenvalue weighted by Crippen LogP contribution is 2.47. The second kappa shape index (κ2) is 6.97. The Morgan fingerprint density at radius 1 is 1.25 bits per heavy atom. The van der Waals surface area contributed by atoms with Gasteiger partial charge in [0.15, 0.2) is 0 Å². The molecule has 2 aromatic rings. The summed E-state index contributed by atoms with van der Waals surface area (Å²) in [4.78, 5) is 26.1. The molecule has 2 aromatic carbocycles. The van der Waals surface area contributed by atoms with Crippen molar-refractivity contribution in [2.45, 2.75) is 16.6 Å². The van der Waals surface area contributed by atoms with E-state index < -0.39 is 5.97 Å². The first-order valence-electron chi connectivity index (χ1n) is 7.51. The number of carbonyl (C=O) groups is 2. The fourth-order valence-corrected chi connectivity index (χ4v) is 4.10. The van der Waals surface area contributed by atoms with E-state index in [0.29, 0.717) is 5.69 Å². The van der Waals surface area contributed by atoms with E-state index in [1.807, 2.05) is 42.5 Å². The Morgan fingerprint density at radius 3 is 2.71 bits per heavy atom. The SMILES string of the molecule is COc1ccccc1C1CC(=O)N(CC(=O)O)c2ccccc2S1. The topological polar surface area (TPSA) is 66.8 Å². The van der Waals surface area contributed by atoms with E-state index in [1.165, 1.54) is 4.90 Å². The summed E-state index contributed by atoms with van der Waals surface area (Å²) in [6.45, 7) is -0.338. The van der Waals surface area contributed by atoms with Crippen molar-refractivity contribution in [3.8, 4) is 5.75 Å². The highest BCUT2D eigenvalue weighted by Gasteiger charge is 2.31. The Balaban J connectivity index is 2.03. The van der Waals surface area contributed by atoms with E-state index in [-0.39, 0.29) is 24.1 Å². The van der Waals surface area contributed by atoms with Crippen LogP contribution in [-0.2, 0) is 9.59 Å². The minimum absolute atomic E-state index is 0.131. The van der Waals surface area contributed by atoms with Crippen LogP contribution < -0.4 is 9.64 Å². The highest BCUT2D eigenvalue weighted by atomic mass is 32.2. The van der Waals surface area contributed by atoms with Crippen molar-refractivity contribution >= 4 is 29.3 Å². The number of nitrogens with zero attached hydrogens (tertiary/aromatic N) is 1. The highest BCUT2D eigenvalue weighted by molar-refractivity contribution is 7.99. The van der Waals surface area contributed by atoms with Crippen molar-refractivity contribution in [2.75, 3.05) is 18.6 Å². The number of ether oxygens (including phenoxy) is 1. The van der Waals surface area contributed by atoms with Gasteiger partial charge in [-0.05, 0) is 18.2 Å². The van der Waals surface area contributed by atoms with Gasteiger partial charge in [-0.2, -0.15) is 0 Å². The van der Waals surface area contributed by atoms with Crippen molar-refractivity contribution < 1.29 is 19.4 Å². The first kappa shape index (κ1) is 16.4. The second-order valence-electron chi connectivity index (χ2n) is 5.39. The summed E-state index contributed by atoms with van der Waals surface area (Å²) in [5.74, 6) is -0.503. The van der Waals surface area contributed by atoms with Gasteiger partial charge in [-0.3, -0.25) is 9.59 Å². The number of anilines is 1. The van der Waals surface area contributed by atoms with Gasteiger partial charge in [-0.1, -0.05) is 30.3 Å². The van der Waals surface area contributed by atoms with Crippen molar-refractivity contribution in [1.29, 1.82) is 0 Å². The average molecular weight is 343 g/mol. The van der Waals surface area contributed by atoms with E-state index in [2.05, 4.69) is 0 Å². The average Bonchev–Trinajstić information content (AvgIpc) is 2.72. The van der Waals surface area contributed by atoms with Crippen LogP contribution in [0.15, 0.2) is 53.4 Å². The van der Waals surface area contributed by atoms with E-state index in [4.69, 9.17) is 9.84 Å². The lowest BCUT2D eigenvalue weighted by atomic mass is 10.1. The van der Waals surface area contributed by atoms with E-state index in [9.17, 15) is 9.59 Å². The number of carboxylic acids is 1. The Labute approximate surface area is 144 Å². The van der Waals surface area contributed by atoms with E-state index >= 15 is 0 Å². The Kier molecular flexibility index (Phi) is 4.76. The van der Waals surface area contributed by atoms with Crippen LogP contribution in [0.5, 0.6) is 5.75 Å². The van der Waals surface area contributed by atoms with Gasteiger partial charge in [-0.15, -0.1) is 11.8 Å². The van der Waals surface area contributed by atoms with E-state index in [0.717, 1.165) is 16.2 Å². The number of aliphatic carboxylic acids is 1. The molecule has 1 amide bonds. The summed E-state index contributed by atoms with van der Waals surface area (Å²) in [5, 5.41) is 9.01. The largest absolute Gasteiger partial charge is 0.496 e. The molecule has 1 atom stereocenters. The monoisotopic (exact) mass is 343 g/mol. The van der Waals surface area contributed by atoms with Crippen LogP contribution in [0, 0.1) is 0 Å². The molecule has 3 rings (SSSR count). The third-order valence-electron chi connectivity index (χ3n) is 3.87. The number of carbonyl (C=O) groups excluding carboxylic acids is 1. The van der Waals surface area contributed by atoms with Gasteiger partial charge < -0.3 is 14.7 Å². The molecule has 0 fully saturated rings. The van der Waals surface area contributed by atoms with Gasteiger partial charge in [0.05, 0.1) is 12.8 Å². The zero-order valence-electron chi connectivity index (χ0n) is 13.1. The number of rotatable bonds is 4. The maximum atomic E-state index is 12.7.